The number of aliphatic hydroxyl groups excluding tert-OH is 1. The van der Waals surface area contributed by atoms with E-state index in [1.165, 1.54) is 0 Å². The number of piperidine rings is 1. The standard InChI is InChI=1S/C16H26N2O2/c1-4-8-20-14-6-5-7-18(10-14)16-15(11-19)12(2)9-13(3)17-16/h9,14,19H,4-8,10-11H2,1-3H3. The average molecular weight is 278 g/mol. The van der Waals surface area contributed by atoms with Crippen LogP contribution in [0.3, 0.4) is 0 Å². The van der Waals surface area contributed by atoms with Crippen LogP contribution in [0.15, 0.2) is 6.07 Å². The van der Waals surface area contributed by atoms with Crippen LogP contribution in [0.25, 0.3) is 0 Å². The summed E-state index contributed by atoms with van der Waals surface area (Å²) in [6.45, 7) is 8.93. The van der Waals surface area contributed by atoms with Crippen LogP contribution < -0.4 is 4.90 Å². The van der Waals surface area contributed by atoms with Crippen molar-refractivity contribution in [2.24, 2.45) is 0 Å². The van der Waals surface area contributed by atoms with Crippen molar-refractivity contribution in [3.63, 3.8) is 0 Å². The minimum atomic E-state index is 0.0471. The lowest BCUT2D eigenvalue weighted by atomic mass is 10.1. The number of aryl methyl sites for hydroxylation is 2. The minimum absolute atomic E-state index is 0.0471. The molecule has 4 heteroatoms. The molecular weight excluding hydrogens is 252 g/mol. The van der Waals surface area contributed by atoms with E-state index in [1.54, 1.807) is 0 Å². The van der Waals surface area contributed by atoms with Gasteiger partial charge in [0.2, 0.25) is 0 Å². The summed E-state index contributed by atoms with van der Waals surface area (Å²) < 4.78 is 5.89. The van der Waals surface area contributed by atoms with E-state index >= 15 is 0 Å². The van der Waals surface area contributed by atoms with E-state index in [0.717, 1.165) is 61.6 Å². The SMILES string of the molecule is CCCOC1CCCN(c2nc(C)cc(C)c2CO)C1. The van der Waals surface area contributed by atoms with Gasteiger partial charge in [-0.2, -0.15) is 0 Å². The van der Waals surface area contributed by atoms with E-state index in [4.69, 9.17) is 4.74 Å². The molecular formula is C16H26N2O2. The first kappa shape index (κ1) is 15.3. The molecule has 20 heavy (non-hydrogen) atoms. The van der Waals surface area contributed by atoms with Crippen molar-refractivity contribution >= 4 is 5.82 Å². The summed E-state index contributed by atoms with van der Waals surface area (Å²) in [5, 5.41) is 9.63. The third-order valence-corrected chi connectivity index (χ3v) is 3.85. The summed E-state index contributed by atoms with van der Waals surface area (Å²) in [4.78, 5) is 6.93. The Balaban J connectivity index is 2.18. The zero-order chi connectivity index (χ0) is 14.5. The van der Waals surface area contributed by atoms with Crippen LogP contribution in [0, 0.1) is 13.8 Å². The van der Waals surface area contributed by atoms with Crippen molar-refractivity contribution in [2.75, 3.05) is 24.6 Å². The highest BCUT2D eigenvalue weighted by Gasteiger charge is 2.23. The van der Waals surface area contributed by atoms with Gasteiger partial charge in [-0.3, -0.25) is 0 Å². The van der Waals surface area contributed by atoms with Crippen molar-refractivity contribution in [1.29, 1.82) is 0 Å². The Kier molecular flexibility index (Phi) is 5.38. The number of hydrogen-bond donors (Lipinski definition) is 1. The third-order valence-electron chi connectivity index (χ3n) is 3.85. The highest BCUT2D eigenvalue weighted by atomic mass is 16.5. The molecule has 1 atom stereocenters. The maximum Gasteiger partial charge on any atom is 0.134 e. The molecule has 0 amide bonds. The molecule has 1 aliphatic heterocycles. The van der Waals surface area contributed by atoms with Gasteiger partial charge in [0.15, 0.2) is 0 Å². The minimum Gasteiger partial charge on any atom is -0.392 e. The van der Waals surface area contributed by atoms with Gasteiger partial charge < -0.3 is 14.7 Å². The van der Waals surface area contributed by atoms with Gasteiger partial charge in [-0.1, -0.05) is 6.92 Å². The second-order valence-corrected chi connectivity index (χ2v) is 5.62. The number of hydrogen-bond acceptors (Lipinski definition) is 4. The van der Waals surface area contributed by atoms with Gasteiger partial charge in [0, 0.05) is 31.0 Å². The number of aliphatic hydroxyl groups is 1. The van der Waals surface area contributed by atoms with Gasteiger partial charge in [0.05, 0.1) is 12.7 Å². The quantitative estimate of drug-likeness (QED) is 0.899. The first-order valence-electron chi connectivity index (χ1n) is 7.60. The second kappa shape index (κ2) is 7.04. The maximum absolute atomic E-state index is 9.63. The fraction of sp³-hybridized carbons (Fsp3) is 0.688. The number of aromatic nitrogens is 1. The Morgan fingerprint density at radius 3 is 2.95 bits per heavy atom. The Morgan fingerprint density at radius 2 is 2.25 bits per heavy atom. The lowest BCUT2D eigenvalue weighted by Gasteiger charge is -2.35. The van der Waals surface area contributed by atoms with Gasteiger partial charge in [0.1, 0.15) is 5.82 Å². The topological polar surface area (TPSA) is 45.6 Å². The number of nitrogens with zero attached hydrogens (tertiary/aromatic N) is 2. The summed E-state index contributed by atoms with van der Waals surface area (Å²) in [5.74, 6) is 0.940. The molecule has 2 heterocycles. The van der Waals surface area contributed by atoms with Crippen LogP contribution in [0.1, 0.15) is 43.0 Å². The average Bonchev–Trinajstić information content (AvgIpc) is 2.44. The lowest BCUT2D eigenvalue weighted by molar-refractivity contribution is 0.0438. The third kappa shape index (κ3) is 3.49. The van der Waals surface area contributed by atoms with E-state index in [2.05, 4.69) is 16.8 Å². The molecule has 1 unspecified atom stereocenters. The van der Waals surface area contributed by atoms with E-state index < -0.39 is 0 Å². The predicted octanol–water partition coefficient (Wildman–Crippen LogP) is 2.59. The Labute approximate surface area is 121 Å². The molecule has 1 aromatic rings. The summed E-state index contributed by atoms with van der Waals surface area (Å²) in [5.41, 5.74) is 3.07. The van der Waals surface area contributed by atoms with Gasteiger partial charge in [-0.15, -0.1) is 0 Å². The van der Waals surface area contributed by atoms with Crippen molar-refractivity contribution < 1.29 is 9.84 Å². The molecule has 0 spiro atoms. The van der Waals surface area contributed by atoms with Crippen LogP contribution in [-0.4, -0.2) is 35.9 Å². The molecule has 112 valence electrons. The van der Waals surface area contributed by atoms with Crippen LogP contribution >= 0.6 is 0 Å². The number of pyridine rings is 1. The smallest absolute Gasteiger partial charge is 0.134 e. The number of rotatable bonds is 5. The molecule has 0 bridgehead atoms. The summed E-state index contributed by atoms with van der Waals surface area (Å²) in [7, 11) is 0. The van der Waals surface area contributed by atoms with E-state index in [1.807, 2.05) is 19.9 Å². The largest absolute Gasteiger partial charge is 0.392 e. The molecule has 0 aromatic carbocycles. The van der Waals surface area contributed by atoms with Gasteiger partial charge in [-0.05, 0) is 44.7 Å². The molecule has 4 nitrogen and oxygen atoms in total. The Hall–Kier alpha value is -1.13. The molecule has 0 radical (unpaired) electrons. The number of ether oxygens (including phenoxy) is 1. The van der Waals surface area contributed by atoms with E-state index in [0.29, 0.717) is 0 Å². The van der Waals surface area contributed by atoms with E-state index in [-0.39, 0.29) is 12.7 Å². The normalized spacial score (nSPS) is 19.4. The van der Waals surface area contributed by atoms with Crippen LogP contribution in [0.2, 0.25) is 0 Å². The monoisotopic (exact) mass is 278 g/mol. The van der Waals surface area contributed by atoms with Crippen molar-refractivity contribution in [2.45, 2.75) is 52.7 Å². The Morgan fingerprint density at radius 1 is 1.45 bits per heavy atom. The van der Waals surface area contributed by atoms with Crippen LogP contribution in [-0.2, 0) is 11.3 Å². The fourth-order valence-electron chi connectivity index (χ4n) is 2.85. The first-order chi connectivity index (χ1) is 9.65. The van der Waals surface area contributed by atoms with Gasteiger partial charge >= 0.3 is 0 Å². The first-order valence-corrected chi connectivity index (χ1v) is 7.60. The predicted molar refractivity (Wildman–Crippen MR) is 81.1 cm³/mol. The van der Waals surface area contributed by atoms with E-state index in [9.17, 15) is 5.11 Å². The second-order valence-electron chi connectivity index (χ2n) is 5.62. The zero-order valence-corrected chi connectivity index (χ0v) is 12.9. The molecule has 1 aromatic heterocycles. The molecule has 1 fully saturated rings. The summed E-state index contributed by atoms with van der Waals surface area (Å²) in [6, 6.07) is 2.03. The molecule has 1 N–H and O–H groups in total. The van der Waals surface area contributed by atoms with Gasteiger partial charge in [0.25, 0.3) is 0 Å². The lowest BCUT2D eigenvalue weighted by Crippen LogP contribution is -2.41. The van der Waals surface area contributed by atoms with Crippen molar-refractivity contribution in [3.05, 3.63) is 22.9 Å². The molecule has 0 aliphatic carbocycles. The Bertz CT molecular complexity index is 448. The molecule has 2 rings (SSSR count). The summed E-state index contributed by atoms with van der Waals surface area (Å²) >= 11 is 0. The number of anilines is 1. The fourth-order valence-corrected chi connectivity index (χ4v) is 2.85. The van der Waals surface area contributed by atoms with Crippen LogP contribution in [0.4, 0.5) is 5.82 Å². The maximum atomic E-state index is 9.63. The summed E-state index contributed by atoms with van der Waals surface area (Å²) in [6.07, 6.45) is 3.59. The molecule has 1 aliphatic rings. The highest BCUT2D eigenvalue weighted by Crippen LogP contribution is 2.26. The van der Waals surface area contributed by atoms with Crippen molar-refractivity contribution in [1.82, 2.24) is 4.98 Å². The van der Waals surface area contributed by atoms with Gasteiger partial charge in [-0.25, -0.2) is 4.98 Å². The van der Waals surface area contributed by atoms with Crippen molar-refractivity contribution in [3.8, 4) is 0 Å². The van der Waals surface area contributed by atoms with Crippen LogP contribution in [0.5, 0.6) is 0 Å². The zero-order valence-electron chi connectivity index (χ0n) is 12.9. The molecule has 0 saturated carbocycles. The molecule has 1 saturated heterocycles. The highest BCUT2D eigenvalue weighted by molar-refractivity contribution is 5.51.